The zero-order valence-corrected chi connectivity index (χ0v) is 21.4. The van der Waals surface area contributed by atoms with Crippen molar-refractivity contribution in [3.8, 4) is 11.5 Å². The first-order valence-corrected chi connectivity index (χ1v) is 16.6. The average Bonchev–Trinajstić information content (AvgIpc) is 2.52. The van der Waals surface area contributed by atoms with Gasteiger partial charge < -0.3 is 24.1 Å². The highest BCUT2D eigenvalue weighted by Gasteiger charge is 2.40. The molecule has 6 nitrogen and oxygen atoms in total. The Labute approximate surface area is 177 Å². The highest BCUT2D eigenvalue weighted by Crippen LogP contribution is 2.39. The monoisotopic (exact) mass is 442 g/mol. The Kier molecular flexibility index (Phi) is 8.15. The van der Waals surface area contributed by atoms with E-state index in [-0.39, 0.29) is 23.1 Å². The molecule has 166 valence electrons. The van der Waals surface area contributed by atoms with Gasteiger partial charge in [0.2, 0.25) is 8.32 Å². The van der Waals surface area contributed by atoms with E-state index in [1.807, 2.05) is 0 Å². The number of carbonyl (C=O) groups is 1. The Balaban J connectivity index is 3.06. The van der Waals surface area contributed by atoms with Gasteiger partial charge in [-0.1, -0.05) is 40.4 Å². The topological polar surface area (TPSA) is 85.2 Å². The minimum atomic E-state index is -2.12. The lowest BCUT2D eigenvalue weighted by atomic mass is 9.95. The second-order valence-electron chi connectivity index (χ2n) is 10.4. The van der Waals surface area contributed by atoms with Gasteiger partial charge >= 0.3 is 5.97 Å². The summed E-state index contributed by atoms with van der Waals surface area (Å²) >= 11 is 0. The molecule has 1 aromatic rings. The van der Waals surface area contributed by atoms with E-state index in [1.165, 1.54) is 6.92 Å². The Morgan fingerprint density at radius 1 is 1.07 bits per heavy atom. The van der Waals surface area contributed by atoms with Crippen LogP contribution < -0.4 is 9.16 Å². The molecule has 1 atom stereocenters. The number of hydrogen-bond acceptors (Lipinski definition) is 5. The molecule has 0 spiro atoms. The first-order chi connectivity index (χ1) is 13.0. The summed E-state index contributed by atoms with van der Waals surface area (Å²) in [6.45, 7) is 19.2. The van der Waals surface area contributed by atoms with Crippen molar-refractivity contribution in [2.75, 3.05) is 13.4 Å². The first kappa shape index (κ1) is 25.7. The van der Waals surface area contributed by atoms with Crippen molar-refractivity contribution in [1.29, 1.82) is 0 Å². The fraction of sp³-hybridized carbons (Fsp3) is 0.667. The smallest absolute Gasteiger partial charge is 0.340 e. The summed E-state index contributed by atoms with van der Waals surface area (Å²) in [6.07, 6.45) is 0. The van der Waals surface area contributed by atoms with Gasteiger partial charge in [0, 0.05) is 20.2 Å². The molecule has 0 saturated carbocycles. The summed E-state index contributed by atoms with van der Waals surface area (Å²) in [4.78, 5) is 11.7. The molecule has 0 bridgehead atoms. The lowest BCUT2D eigenvalue weighted by molar-refractivity contribution is -0.157. The van der Waals surface area contributed by atoms with Crippen LogP contribution in [0.1, 0.15) is 33.3 Å². The fourth-order valence-electron chi connectivity index (χ4n) is 2.18. The molecule has 29 heavy (non-hydrogen) atoms. The molecule has 0 amide bonds. The fourth-order valence-corrected chi connectivity index (χ4v) is 3.96. The summed E-state index contributed by atoms with van der Waals surface area (Å²) in [7, 11) is -3.32. The van der Waals surface area contributed by atoms with Gasteiger partial charge in [-0.25, -0.2) is 4.79 Å². The third-order valence-electron chi connectivity index (χ3n) is 5.37. The van der Waals surface area contributed by atoms with Crippen LogP contribution in [0.15, 0.2) is 18.2 Å². The molecule has 2 N–H and O–H groups in total. The lowest BCUT2D eigenvalue weighted by Gasteiger charge is -2.36. The molecule has 0 radical (unpaired) electrons. The van der Waals surface area contributed by atoms with Crippen LogP contribution in [0.2, 0.25) is 43.8 Å². The Bertz CT molecular complexity index is 702. The zero-order chi connectivity index (χ0) is 22.7. The van der Waals surface area contributed by atoms with E-state index in [0.717, 1.165) is 6.04 Å². The number of hydrogen-bond donors (Lipinski definition) is 2. The number of benzene rings is 1. The molecule has 1 rings (SSSR count). The number of carboxylic acids is 1. The standard InChI is InChI=1S/C21H38O6Si2/c1-20(2,3)29(8,9)27-16-10-11-18(17(14-16)21(4,24)19(22)23)26-15-25-12-13-28(5,6)7/h10-11,14,24H,12-13,15H2,1-9H3,(H,22,23). The van der Waals surface area contributed by atoms with Crippen molar-refractivity contribution in [1.82, 2.24) is 0 Å². The lowest BCUT2D eigenvalue weighted by Crippen LogP contribution is -2.44. The average molecular weight is 443 g/mol. The molecular weight excluding hydrogens is 404 g/mol. The Morgan fingerprint density at radius 3 is 2.14 bits per heavy atom. The van der Waals surface area contributed by atoms with Crippen LogP contribution in [0.5, 0.6) is 11.5 Å². The predicted octanol–water partition coefficient (Wildman–Crippen LogP) is 5.05. The van der Waals surface area contributed by atoms with E-state index in [9.17, 15) is 15.0 Å². The van der Waals surface area contributed by atoms with Crippen LogP contribution in [-0.4, -0.2) is 46.0 Å². The van der Waals surface area contributed by atoms with Crippen LogP contribution >= 0.6 is 0 Å². The van der Waals surface area contributed by atoms with E-state index in [4.69, 9.17) is 13.9 Å². The second kappa shape index (κ2) is 9.20. The van der Waals surface area contributed by atoms with Gasteiger partial charge in [-0.15, -0.1) is 0 Å². The molecule has 0 aliphatic carbocycles. The van der Waals surface area contributed by atoms with Gasteiger partial charge in [0.1, 0.15) is 11.5 Å². The minimum absolute atomic E-state index is 0.00435. The van der Waals surface area contributed by atoms with E-state index >= 15 is 0 Å². The maximum absolute atomic E-state index is 11.7. The molecule has 0 aliphatic rings. The molecule has 0 saturated heterocycles. The highest BCUT2D eigenvalue weighted by molar-refractivity contribution is 6.76. The Morgan fingerprint density at radius 2 is 1.66 bits per heavy atom. The van der Waals surface area contributed by atoms with Crippen molar-refractivity contribution < 1.29 is 28.9 Å². The molecule has 0 heterocycles. The molecule has 0 aliphatic heterocycles. The van der Waals surface area contributed by atoms with Crippen molar-refractivity contribution >= 4 is 22.4 Å². The van der Waals surface area contributed by atoms with Gasteiger partial charge in [-0.05, 0) is 49.3 Å². The van der Waals surface area contributed by atoms with Gasteiger partial charge in [-0.3, -0.25) is 0 Å². The molecule has 8 heteroatoms. The summed E-state index contributed by atoms with van der Waals surface area (Å²) in [5.74, 6) is -0.556. The molecule has 1 unspecified atom stereocenters. The van der Waals surface area contributed by atoms with Crippen LogP contribution in [0.25, 0.3) is 0 Å². The van der Waals surface area contributed by atoms with Crippen LogP contribution in [0.4, 0.5) is 0 Å². The minimum Gasteiger partial charge on any atom is -0.543 e. The van der Waals surface area contributed by atoms with Crippen molar-refractivity contribution in [2.24, 2.45) is 0 Å². The number of aliphatic carboxylic acids is 1. The van der Waals surface area contributed by atoms with Crippen LogP contribution in [-0.2, 0) is 15.1 Å². The quantitative estimate of drug-likeness (QED) is 0.299. The van der Waals surface area contributed by atoms with Gasteiger partial charge in [0.15, 0.2) is 12.4 Å². The second-order valence-corrected chi connectivity index (χ2v) is 20.7. The molecular formula is C21H38O6Si2. The molecule has 0 aromatic heterocycles. The van der Waals surface area contributed by atoms with Crippen LogP contribution in [0, 0.1) is 0 Å². The van der Waals surface area contributed by atoms with E-state index < -0.39 is 28.0 Å². The maximum atomic E-state index is 11.7. The number of carboxylic acid groups (broad SMARTS) is 1. The van der Waals surface area contributed by atoms with E-state index in [0.29, 0.717) is 12.4 Å². The van der Waals surface area contributed by atoms with Gasteiger partial charge in [-0.2, -0.15) is 0 Å². The Hall–Kier alpha value is -1.36. The van der Waals surface area contributed by atoms with Crippen molar-refractivity contribution in [3.05, 3.63) is 23.8 Å². The predicted molar refractivity (Wildman–Crippen MR) is 121 cm³/mol. The van der Waals surface area contributed by atoms with E-state index in [1.54, 1.807) is 18.2 Å². The summed E-state index contributed by atoms with van der Waals surface area (Å²) < 4.78 is 17.5. The third-order valence-corrected chi connectivity index (χ3v) is 11.4. The largest absolute Gasteiger partial charge is 0.543 e. The summed E-state index contributed by atoms with van der Waals surface area (Å²) in [6, 6.07) is 5.96. The third kappa shape index (κ3) is 7.44. The van der Waals surface area contributed by atoms with E-state index in [2.05, 4.69) is 53.5 Å². The normalized spacial score (nSPS) is 15.0. The van der Waals surface area contributed by atoms with Gasteiger partial charge in [0.05, 0.1) is 0 Å². The van der Waals surface area contributed by atoms with Crippen molar-refractivity contribution in [2.45, 2.75) is 77.1 Å². The van der Waals surface area contributed by atoms with Crippen LogP contribution in [0.3, 0.4) is 0 Å². The summed E-state index contributed by atoms with van der Waals surface area (Å²) in [5.41, 5.74) is -1.96. The number of ether oxygens (including phenoxy) is 2. The number of aliphatic hydroxyl groups is 1. The van der Waals surface area contributed by atoms with Crippen molar-refractivity contribution in [3.63, 3.8) is 0 Å². The maximum Gasteiger partial charge on any atom is 0.340 e. The highest BCUT2D eigenvalue weighted by atomic mass is 28.4. The van der Waals surface area contributed by atoms with Gasteiger partial charge in [0.25, 0.3) is 0 Å². The molecule has 1 aromatic carbocycles. The number of rotatable bonds is 10. The first-order valence-electron chi connectivity index (χ1n) is 9.97. The SMILES string of the molecule is CC(O)(C(=O)O)c1cc(O[Si](C)(C)C(C)(C)C)ccc1OCOCC[Si](C)(C)C. The zero-order valence-electron chi connectivity index (χ0n) is 19.4. The summed E-state index contributed by atoms with van der Waals surface area (Å²) in [5, 5.41) is 20.1. The molecule has 0 fully saturated rings.